The molecule has 4 heterocycles. The SMILES string of the molecule is C[C@H]1C[C@H](Cn2ccc3nc(-c4cn[nH]c4)ccc32)CN1C(=O)c1cccc(F)c1F. The van der Waals surface area contributed by atoms with E-state index < -0.39 is 17.5 Å². The summed E-state index contributed by atoms with van der Waals surface area (Å²) < 4.78 is 29.8. The number of amides is 1. The van der Waals surface area contributed by atoms with Crippen molar-refractivity contribution in [3.05, 3.63) is 72.2 Å². The maximum absolute atomic E-state index is 14.1. The smallest absolute Gasteiger partial charge is 0.257 e. The van der Waals surface area contributed by atoms with E-state index >= 15 is 0 Å². The summed E-state index contributed by atoms with van der Waals surface area (Å²) in [6, 6.07) is 9.64. The van der Waals surface area contributed by atoms with Crippen molar-refractivity contribution in [3.63, 3.8) is 0 Å². The van der Waals surface area contributed by atoms with Crippen LogP contribution in [0, 0.1) is 17.6 Å². The fraction of sp³-hybridized carbons (Fsp3) is 0.261. The summed E-state index contributed by atoms with van der Waals surface area (Å²) in [4.78, 5) is 19.2. The minimum atomic E-state index is -1.08. The number of halogens is 2. The highest BCUT2D eigenvalue weighted by Crippen LogP contribution is 2.29. The summed E-state index contributed by atoms with van der Waals surface area (Å²) in [5.41, 5.74) is 3.47. The van der Waals surface area contributed by atoms with E-state index in [-0.39, 0.29) is 17.5 Å². The van der Waals surface area contributed by atoms with Gasteiger partial charge in [0.25, 0.3) is 5.91 Å². The molecule has 1 N–H and O–H groups in total. The zero-order chi connectivity index (χ0) is 21.5. The van der Waals surface area contributed by atoms with Gasteiger partial charge in [-0.05, 0) is 49.6 Å². The fourth-order valence-electron chi connectivity index (χ4n) is 4.44. The lowest BCUT2D eigenvalue weighted by Gasteiger charge is -2.22. The van der Waals surface area contributed by atoms with Gasteiger partial charge in [0.15, 0.2) is 11.6 Å². The minimum Gasteiger partial charge on any atom is -0.346 e. The Kier molecular flexibility index (Phi) is 4.77. The first-order valence-electron chi connectivity index (χ1n) is 10.2. The van der Waals surface area contributed by atoms with Crippen LogP contribution in [0.1, 0.15) is 23.7 Å². The van der Waals surface area contributed by atoms with Gasteiger partial charge in [0.05, 0.1) is 28.5 Å². The number of carbonyl (C=O) groups is 1. The van der Waals surface area contributed by atoms with E-state index in [1.165, 1.54) is 12.1 Å². The number of hydrogen-bond donors (Lipinski definition) is 1. The fourth-order valence-corrected chi connectivity index (χ4v) is 4.44. The molecule has 0 unspecified atom stereocenters. The van der Waals surface area contributed by atoms with Gasteiger partial charge in [0.1, 0.15) is 0 Å². The molecule has 158 valence electrons. The van der Waals surface area contributed by atoms with E-state index in [0.29, 0.717) is 6.54 Å². The van der Waals surface area contributed by atoms with Gasteiger partial charge in [-0.15, -0.1) is 0 Å². The predicted octanol–water partition coefficient (Wildman–Crippen LogP) is 4.26. The summed E-state index contributed by atoms with van der Waals surface area (Å²) in [6.45, 7) is 3.16. The molecular weight excluding hydrogens is 400 g/mol. The van der Waals surface area contributed by atoms with Crippen LogP contribution in [0.4, 0.5) is 8.78 Å². The Balaban J connectivity index is 1.34. The molecule has 0 radical (unpaired) electrons. The number of hydrogen-bond acceptors (Lipinski definition) is 3. The number of nitrogens with zero attached hydrogens (tertiary/aromatic N) is 4. The lowest BCUT2D eigenvalue weighted by atomic mass is 10.1. The van der Waals surface area contributed by atoms with Crippen molar-refractivity contribution in [2.24, 2.45) is 5.92 Å². The maximum atomic E-state index is 14.1. The third-order valence-electron chi connectivity index (χ3n) is 5.98. The zero-order valence-corrected chi connectivity index (χ0v) is 16.9. The average molecular weight is 421 g/mol. The number of rotatable bonds is 4. The molecule has 6 nitrogen and oxygen atoms in total. The number of carbonyl (C=O) groups excluding carboxylic acids is 1. The quantitative estimate of drug-likeness (QED) is 0.536. The van der Waals surface area contributed by atoms with Gasteiger partial charge in [0.2, 0.25) is 0 Å². The Morgan fingerprint density at radius 2 is 2.10 bits per heavy atom. The van der Waals surface area contributed by atoms with Crippen molar-refractivity contribution >= 4 is 16.9 Å². The normalized spacial score (nSPS) is 18.7. The van der Waals surface area contributed by atoms with Crippen LogP contribution in [0.15, 0.2) is 55.0 Å². The summed E-state index contributed by atoms with van der Waals surface area (Å²) in [7, 11) is 0. The van der Waals surface area contributed by atoms with Crippen LogP contribution >= 0.6 is 0 Å². The van der Waals surface area contributed by atoms with Gasteiger partial charge in [-0.1, -0.05) is 6.07 Å². The molecule has 1 amide bonds. The number of benzene rings is 1. The van der Waals surface area contributed by atoms with Crippen molar-refractivity contribution in [1.29, 1.82) is 0 Å². The highest BCUT2D eigenvalue weighted by molar-refractivity contribution is 5.95. The van der Waals surface area contributed by atoms with Gasteiger partial charge in [-0.3, -0.25) is 9.89 Å². The van der Waals surface area contributed by atoms with E-state index in [4.69, 9.17) is 4.98 Å². The van der Waals surface area contributed by atoms with E-state index in [1.807, 2.05) is 31.3 Å². The van der Waals surface area contributed by atoms with Crippen LogP contribution in [-0.4, -0.2) is 43.1 Å². The second-order valence-corrected chi connectivity index (χ2v) is 8.07. The van der Waals surface area contributed by atoms with Gasteiger partial charge >= 0.3 is 0 Å². The molecule has 31 heavy (non-hydrogen) atoms. The second kappa shape index (κ2) is 7.61. The standard InChI is InChI=1S/C23H21F2N5O/c1-14-9-15(13-30(14)23(31)17-3-2-4-18(24)22(17)25)12-29-8-7-20-21(29)6-5-19(28-20)16-10-26-27-11-16/h2-8,10-11,14-15H,9,12-13H2,1H3,(H,26,27)/t14-,15+/m0/s1. The van der Waals surface area contributed by atoms with Crippen LogP contribution in [0.5, 0.6) is 0 Å². The highest BCUT2D eigenvalue weighted by Gasteiger charge is 2.34. The Morgan fingerprint density at radius 1 is 1.23 bits per heavy atom. The molecule has 1 aliphatic heterocycles. The first-order valence-corrected chi connectivity index (χ1v) is 10.2. The predicted molar refractivity (Wildman–Crippen MR) is 112 cm³/mol. The Labute approximate surface area is 177 Å². The molecule has 1 aliphatic rings. The number of likely N-dealkylation sites (tertiary alicyclic amines) is 1. The summed E-state index contributed by atoms with van der Waals surface area (Å²) in [5, 5.41) is 6.76. The molecule has 1 aromatic carbocycles. The van der Waals surface area contributed by atoms with Crippen LogP contribution in [0.3, 0.4) is 0 Å². The van der Waals surface area contributed by atoms with E-state index in [1.54, 1.807) is 17.3 Å². The molecule has 5 rings (SSSR count). The van der Waals surface area contributed by atoms with Crippen LogP contribution in [0.25, 0.3) is 22.3 Å². The van der Waals surface area contributed by atoms with Gasteiger partial charge < -0.3 is 9.47 Å². The van der Waals surface area contributed by atoms with Crippen LogP contribution in [-0.2, 0) is 6.54 Å². The van der Waals surface area contributed by atoms with Crippen LogP contribution in [0.2, 0.25) is 0 Å². The molecule has 2 atom stereocenters. The second-order valence-electron chi connectivity index (χ2n) is 8.07. The third kappa shape index (κ3) is 3.48. The van der Waals surface area contributed by atoms with Crippen molar-refractivity contribution in [2.75, 3.05) is 6.54 Å². The van der Waals surface area contributed by atoms with E-state index in [0.717, 1.165) is 41.3 Å². The molecule has 4 aromatic rings. The van der Waals surface area contributed by atoms with E-state index in [9.17, 15) is 13.6 Å². The number of nitrogens with one attached hydrogen (secondary N) is 1. The summed E-state index contributed by atoms with van der Waals surface area (Å²) >= 11 is 0. The van der Waals surface area contributed by atoms with E-state index in [2.05, 4.69) is 14.8 Å². The largest absolute Gasteiger partial charge is 0.346 e. The van der Waals surface area contributed by atoms with Gasteiger partial charge in [0, 0.05) is 37.1 Å². The van der Waals surface area contributed by atoms with Crippen molar-refractivity contribution < 1.29 is 13.6 Å². The number of pyridine rings is 1. The lowest BCUT2D eigenvalue weighted by molar-refractivity contribution is 0.0736. The number of aromatic amines is 1. The molecule has 0 spiro atoms. The Morgan fingerprint density at radius 3 is 2.90 bits per heavy atom. The number of fused-ring (bicyclic) bond motifs is 1. The molecule has 8 heteroatoms. The number of aromatic nitrogens is 4. The van der Waals surface area contributed by atoms with Crippen molar-refractivity contribution in [2.45, 2.75) is 25.9 Å². The summed E-state index contributed by atoms with van der Waals surface area (Å²) in [6.07, 6.45) is 6.33. The number of H-pyrrole nitrogens is 1. The first-order chi connectivity index (χ1) is 15.0. The lowest BCUT2D eigenvalue weighted by Crippen LogP contribution is -2.34. The highest BCUT2D eigenvalue weighted by atomic mass is 19.2. The molecule has 3 aromatic heterocycles. The van der Waals surface area contributed by atoms with Gasteiger partial charge in [-0.25, -0.2) is 13.8 Å². The maximum Gasteiger partial charge on any atom is 0.257 e. The minimum absolute atomic E-state index is 0.0483. The monoisotopic (exact) mass is 421 g/mol. The first kappa shape index (κ1) is 19.4. The average Bonchev–Trinajstić information content (AvgIpc) is 3.50. The Bertz CT molecular complexity index is 1250. The molecule has 1 saturated heterocycles. The Hall–Kier alpha value is -3.55. The summed E-state index contributed by atoms with van der Waals surface area (Å²) in [5.74, 6) is -2.34. The molecule has 0 aliphatic carbocycles. The zero-order valence-electron chi connectivity index (χ0n) is 16.9. The van der Waals surface area contributed by atoms with Crippen LogP contribution < -0.4 is 0 Å². The van der Waals surface area contributed by atoms with Gasteiger partial charge in [-0.2, -0.15) is 5.10 Å². The molecule has 1 fully saturated rings. The van der Waals surface area contributed by atoms with Crippen molar-refractivity contribution in [3.8, 4) is 11.3 Å². The molecular formula is C23H21F2N5O. The molecule has 0 saturated carbocycles. The third-order valence-corrected chi connectivity index (χ3v) is 5.98. The topological polar surface area (TPSA) is 66.8 Å². The van der Waals surface area contributed by atoms with Crippen molar-refractivity contribution in [1.82, 2.24) is 24.6 Å². The molecule has 0 bridgehead atoms.